The van der Waals surface area contributed by atoms with Gasteiger partial charge in [0.25, 0.3) is 0 Å². The number of nitrogens with zero attached hydrogens (tertiary/aromatic N) is 6. The molecule has 0 atom stereocenters. The molecule has 0 fully saturated rings. The fourth-order valence-electron chi connectivity index (χ4n) is 6.16. The van der Waals surface area contributed by atoms with Gasteiger partial charge in [-0.05, 0) is 80.9 Å². The lowest BCUT2D eigenvalue weighted by Crippen LogP contribution is -2.17. The Balaban J connectivity index is 1.56. The van der Waals surface area contributed by atoms with Crippen LogP contribution in [0.2, 0.25) is 0 Å². The Morgan fingerprint density at radius 1 is 0.442 bits per heavy atom. The van der Waals surface area contributed by atoms with Crippen LogP contribution in [0.3, 0.4) is 0 Å². The zero-order chi connectivity index (χ0) is 37.5. The van der Waals surface area contributed by atoms with Crippen LogP contribution in [0.1, 0.15) is 33.4 Å². The number of rotatable bonds is 4. The lowest BCUT2D eigenvalue weighted by molar-refractivity contribution is -0.275. The van der Waals surface area contributed by atoms with E-state index in [4.69, 9.17) is 0 Å². The van der Waals surface area contributed by atoms with Gasteiger partial charge >= 0.3 is 12.7 Å². The van der Waals surface area contributed by atoms with Gasteiger partial charge in [-0.15, -0.1) is 26.3 Å². The van der Waals surface area contributed by atoms with E-state index in [2.05, 4.69) is 9.47 Å². The topological polar surface area (TPSA) is 161 Å². The number of ether oxygens (including phenoxy) is 2. The normalized spacial score (nSPS) is 12.5. The Labute approximate surface area is 289 Å². The SMILES string of the molecule is N#CC(C#N)=C1C2=C(C(=C(C#N)C#N)c3cc(-c4ccc(C#N)c(OC(F)(F)F)c4)ccc32)c2ccc(-c3ccc(C#N)c(OC(F)(F)F)c3)cc21. The molecular formula is C38H12F6N6O2. The lowest BCUT2D eigenvalue weighted by Gasteiger charge is -2.16. The van der Waals surface area contributed by atoms with Crippen molar-refractivity contribution in [3.05, 3.63) is 117 Å². The minimum atomic E-state index is -5.09. The summed E-state index contributed by atoms with van der Waals surface area (Å²) in [5.41, 5.74) is 1.63. The molecule has 248 valence electrons. The van der Waals surface area contributed by atoms with Crippen LogP contribution in [0.4, 0.5) is 26.3 Å². The highest BCUT2D eigenvalue weighted by molar-refractivity contribution is 6.38. The molecule has 0 saturated carbocycles. The molecule has 14 heteroatoms. The first kappa shape index (κ1) is 34.1. The molecule has 0 heterocycles. The van der Waals surface area contributed by atoms with E-state index < -0.39 is 24.2 Å². The maximum Gasteiger partial charge on any atom is 0.573 e. The molecule has 2 aliphatic rings. The Morgan fingerprint density at radius 2 is 0.769 bits per heavy atom. The molecule has 4 aromatic rings. The first-order valence-electron chi connectivity index (χ1n) is 14.5. The fourth-order valence-corrected chi connectivity index (χ4v) is 6.16. The number of halogens is 6. The number of alkyl halides is 6. The zero-order valence-electron chi connectivity index (χ0n) is 25.7. The minimum absolute atomic E-state index is 0.107. The van der Waals surface area contributed by atoms with Crippen LogP contribution in [0.25, 0.3) is 44.5 Å². The third-order valence-electron chi connectivity index (χ3n) is 8.14. The second kappa shape index (κ2) is 12.6. The Kier molecular flexibility index (Phi) is 8.26. The number of fused-ring (bicyclic) bond motifs is 4. The molecule has 0 spiro atoms. The van der Waals surface area contributed by atoms with Crippen molar-refractivity contribution in [2.75, 3.05) is 0 Å². The highest BCUT2D eigenvalue weighted by Crippen LogP contribution is 2.60. The van der Waals surface area contributed by atoms with Crippen LogP contribution in [0.15, 0.2) is 83.9 Å². The van der Waals surface area contributed by atoms with Crippen molar-refractivity contribution in [2.45, 2.75) is 12.7 Å². The lowest BCUT2D eigenvalue weighted by atomic mass is 9.87. The molecule has 0 aliphatic heterocycles. The summed E-state index contributed by atoms with van der Waals surface area (Å²) < 4.78 is 86.8. The van der Waals surface area contributed by atoms with E-state index in [9.17, 15) is 57.9 Å². The van der Waals surface area contributed by atoms with Crippen molar-refractivity contribution < 1.29 is 35.8 Å². The number of hydrogen-bond acceptors (Lipinski definition) is 8. The number of benzene rings is 4. The van der Waals surface area contributed by atoms with Gasteiger partial charge < -0.3 is 9.47 Å². The van der Waals surface area contributed by atoms with Crippen molar-refractivity contribution in [2.24, 2.45) is 0 Å². The van der Waals surface area contributed by atoms with Gasteiger partial charge in [0.1, 0.15) is 59.1 Å². The molecule has 2 aliphatic carbocycles. The van der Waals surface area contributed by atoms with E-state index in [1.807, 2.05) is 24.3 Å². The number of hydrogen-bond donors (Lipinski definition) is 0. The minimum Gasteiger partial charge on any atom is -0.404 e. The van der Waals surface area contributed by atoms with E-state index in [0.29, 0.717) is 33.4 Å². The molecule has 4 aromatic carbocycles. The largest absolute Gasteiger partial charge is 0.573 e. The maximum atomic E-state index is 13.1. The van der Waals surface area contributed by atoms with E-state index in [1.54, 1.807) is 24.3 Å². The van der Waals surface area contributed by atoms with Gasteiger partial charge in [-0.2, -0.15) is 31.6 Å². The highest BCUT2D eigenvalue weighted by atomic mass is 19.4. The molecular weight excluding hydrogens is 686 g/mol. The summed E-state index contributed by atoms with van der Waals surface area (Å²) in [5, 5.41) is 58.8. The number of allylic oxidation sites excluding steroid dienone is 6. The molecule has 0 unspecified atom stereocenters. The van der Waals surface area contributed by atoms with Crippen LogP contribution >= 0.6 is 0 Å². The van der Waals surface area contributed by atoms with Gasteiger partial charge in [0.05, 0.1) is 11.1 Å². The first-order valence-corrected chi connectivity index (χ1v) is 14.5. The predicted octanol–water partition coefficient (Wildman–Crippen LogP) is 9.10. The molecule has 0 N–H and O–H groups in total. The smallest absolute Gasteiger partial charge is 0.404 e. The first-order chi connectivity index (χ1) is 24.7. The summed E-state index contributed by atoms with van der Waals surface area (Å²) in [6.45, 7) is 0. The molecule has 0 aromatic heterocycles. The van der Waals surface area contributed by atoms with Crippen LogP contribution in [0, 0.1) is 68.0 Å². The average Bonchev–Trinajstić information content (AvgIpc) is 3.60. The quantitative estimate of drug-likeness (QED) is 0.151. The molecule has 6 rings (SSSR count). The Morgan fingerprint density at radius 3 is 1.08 bits per heavy atom. The third-order valence-corrected chi connectivity index (χ3v) is 8.14. The molecule has 0 bridgehead atoms. The van der Waals surface area contributed by atoms with Crippen molar-refractivity contribution in [3.8, 4) is 70.2 Å². The summed E-state index contributed by atoms with van der Waals surface area (Å²) in [7, 11) is 0. The summed E-state index contributed by atoms with van der Waals surface area (Å²) in [6, 6.07) is 26.9. The average molecular weight is 699 g/mol. The van der Waals surface area contributed by atoms with Crippen molar-refractivity contribution in [1.29, 1.82) is 31.6 Å². The third kappa shape index (κ3) is 5.90. The van der Waals surface area contributed by atoms with Gasteiger partial charge in [-0.1, -0.05) is 36.4 Å². The van der Waals surface area contributed by atoms with Crippen LogP contribution in [-0.4, -0.2) is 12.7 Å². The van der Waals surface area contributed by atoms with Crippen molar-refractivity contribution >= 4 is 22.3 Å². The standard InChI is InChI=1S/C38H12F6N6O2/c39-37(40,41)51-31-11-21(1-3-23(31)13-45)19-5-7-27-29(9-19)33(25(15-47)16-48)36-28-8-6-20(10-30(28)34(35(27)36)26(17-49)18-50)22-2-4-24(14-46)32(12-22)52-38(42,43)44/h1-12H. The van der Waals surface area contributed by atoms with Crippen molar-refractivity contribution in [3.63, 3.8) is 0 Å². The van der Waals surface area contributed by atoms with Gasteiger partial charge in [0.15, 0.2) is 0 Å². The highest BCUT2D eigenvalue weighted by Gasteiger charge is 2.40. The maximum absolute atomic E-state index is 13.1. The molecule has 0 amide bonds. The van der Waals surface area contributed by atoms with Gasteiger partial charge in [0.2, 0.25) is 0 Å². The predicted molar refractivity (Wildman–Crippen MR) is 170 cm³/mol. The number of nitriles is 6. The van der Waals surface area contributed by atoms with Crippen molar-refractivity contribution in [1.82, 2.24) is 0 Å². The summed E-state index contributed by atoms with van der Waals surface area (Å²) in [6.07, 6.45) is -10.2. The van der Waals surface area contributed by atoms with Crippen LogP contribution in [0.5, 0.6) is 11.5 Å². The summed E-state index contributed by atoms with van der Waals surface area (Å²) in [5.74, 6) is -1.50. The zero-order valence-corrected chi connectivity index (χ0v) is 25.7. The van der Waals surface area contributed by atoms with E-state index in [0.717, 1.165) is 24.3 Å². The second-order valence-electron chi connectivity index (χ2n) is 11.0. The van der Waals surface area contributed by atoms with Gasteiger partial charge in [0, 0.05) is 22.3 Å². The molecule has 0 radical (unpaired) electrons. The summed E-state index contributed by atoms with van der Waals surface area (Å²) in [4.78, 5) is 0. The van der Waals surface area contributed by atoms with E-state index in [-0.39, 0.29) is 55.7 Å². The monoisotopic (exact) mass is 698 g/mol. The molecule has 52 heavy (non-hydrogen) atoms. The van der Waals surface area contributed by atoms with E-state index >= 15 is 0 Å². The van der Waals surface area contributed by atoms with Crippen LogP contribution < -0.4 is 9.47 Å². The van der Waals surface area contributed by atoms with Gasteiger partial charge in [-0.25, -0.2) is 0 Å². The summed E-state index contributed by atoms with van der Waals surface area (Å²) >= 11 is 0. The van der Waals surface area contributed by atoms with Gasteiger partial charge in [-0.3, -0.25) is 0 Å². The Hall–Kier alpha value is -7.78. The Bertz CT molecular complexity index is 2410. The van der Waals surface area contributed by atoms with Crippen LogP contribution in [-0.2, 0) is 0 Å². The van der Waals surface area contributed by atoms with E-state index in [1.165, 1.54) is 36.4 Å². The molecule has 0 saturated heterocycles. The molecule has 8 nitrogen and oxygen atoms in total. The fraction of sp³-hybridized carbons (Fsp3) is 0.0526. The second-order valence-corrected chi connectivity index (χ2v) is 11.0.